The van der Waals surface area contributed by atoms with Crippen molar-refractivity contribution in [3.63, 3.8) is 0 Å². The Labute approximate surface area is 110 Å². The molecule has 0 aliphatic rings. The maximum absolute atomic E-state index is 13.6. The lowest BCUT2D eigenvalue weighted by Gasteiger charge is -2.20. The van der Waals surface area contributed by atoms with Crippen LogP contribution >= 0.6 is 0 Å². The highest BCUT2D eigenvalue weighted by molar-refractivity contribution is 7.89. The van der Waals surface area contributed by atoms with E-state index in [0.29, 0.717) is 6.07 Å². The molecular formula is C11H14F2N2O3S. The minimum atomic E-state index is -4.29. The van der Waals surface area contributed by atoms with E-state index in [2.05, 4.69) is 6.58 Å². The summed E-state index contributed by atoms with van der Waals surface area (Å²) in [6.45, 7) is 2.51. The lowest BCUT2D eigenvalue weighted by molar-refractivity contribution is 0.260. The number of hydrogen-bond donors (Lipinski definition) is 2. The SMILES string of the molecule is C=CCN(CCO)S(=O)(=O)c1cc(N)cc(F)c1F. The van der Waals surface area contributed by atoms with Gasteiger partial charge in [0.05, 0.1) is 6.61 Å². The number of nitrogens with zero attached hydrogens (tertiary/aromatic N) is 1. The highest BCUT2D eigenvalue weighted by Gasteiger charge is 2.28. The highest BCUT2D eigenvalue weighted by atomic mass is 32.2. The molecule has 0 aliphatic carbocycles. The van der Waals surface area contributed by atoms with Crippen LogP contribution in [0.25, 0.3) is 0 Å². The third-order valence-electron chi connectivity index (χ3n) is 2.32. The van der Waals surface area contributed by atoms with Gasteiger partial charge in [-0.3, -0.25) is 0 Å². The van der Waals surface area contributed by atoms with Crippen LogP contribution in [0.15, 0.2) is 29.7 Å². The standard InChI is InChI=1S/C11H14F2N2O3S/c1-2-3-15(4-5-16)19(17,18)10-7-8(14)6-9(12)11(10)13/h2,6-7,16H,1,3-5,14H2. The molecule has 1 rings (SSSR count). The third-order valence-corrected chi connectivity index (χ3v) is 4.18. The Kier molecular flexibility index (Phi) is 4.98. The van der Waals surface area contributed by atoms with E-state index in [4.69, 9.17) is 10.8 Å². The van der Waals surface area contributed by atoms with Crippen LogP contribution in [0.4, 0.5) is 14.5 Å². The number of sulfonamides is 1. The number of aliphatic hydroxyl groups is 1. The number of hydrogen-bond acceptors (Lipinski definition) is 4. The zero-order chi connectivity index (χ0) is 14.6. The molecular weight excluding hydrogens is 278 g/mol. The Morgan fingerprint density at radius 2 is 2.05 bits per heavy atom. The van der Waals surface area contributed by atoms with Gasteiger partial charge in [-0.1, -0.05) is 6.08 Å². The van der Waals surface area contributed by atoms with Crippen LogP contribution < -0.4 is 5.73 Å². The molecule has 0 atom stereocenters. The van der Waals surface area contributed by atoms with Crippen molar-refractivity contribution in [1.29, 1.82) is 0 Å². The van der Waals surface area contributed by atoms with Crippen LogP contribution in [0.1, 0.15) is 0 Å². The lowest BCUT2D eigenvalue weighted by Crippen LogP contribution is -2.34. The van der Waals surface area contributed by atoms with Gasteiger partial charge in [-0.25, -0.2) is 17.2 Å². The summed E-state index contributed by atoms with van der Waals surface area (Å²) in [5.74, 6) is -2.85. The van der Waals surface area contributed by atoms with Gasteiger partial charge in [-0.2, -0.15) is 4.31 Å². The zero-order valence-corrected chi connectivity index (χ0v) is 10.8. The maximum atomic E-state index is 13.6. The summed E-state index contributed by atoms with van der Waals surface area (Å²) >= 11 is 0. The molecule has 0 amide bonds. The molecule has 0 fully saturated rings. The van der Waals surface area contributed by atoms with Gasteiger partial charge in [0.2, 0.25) is 10.0 Å². The van der Waals surface area contributed by atoms with Crippen molar-refractivity contribution in [1.82, 2.24) is 4.31 Å². The summed E-state index contributed by atoms with van der Waals surface area (Å²) in [7, 11) is -4.29. The van der Waals surface area contributed by atoms with Crippen molar-refractivity contribution in [3.05, 3.63) is 36.4 Å². The average molecular weight is 292 g/mol. The van der Waals surface area contributed by atoms with E-state index in [1.165, 1.54) is 6.08 Å². The molecule has 0 saturated carbocycles. The smallest absolute Gasteiger partial charge is 0.246 e. The minimum Gasteiger partial charge on any atom is -0.399 e. The van der Waals surface area contributed by atoms with Crippen LogP contribution in [0, 0.1) is 11.6 Å². The van der Waals surface area contributed by atoms with Crippen LogP contribution in [0.2, 0.25) is 0 Å². The molecule has 0 unspecified atom stereocenters. The number of aliphatic hydroxyl groups excluding tert-OH is 1. The van der Waals surface area contributed by atoms with E-state index in [1.54, 1.807) is 0 Å². The molecule has 0 bridgehead atoms. The predicted octanol–water partition coefficient (Wildman–Crippen LogP) is 0.716. The van der Waals surface area contributed by atoms with Crippen LogP contribution in [0.3, 0.4) is 0 Å². The molecule has 0 aromatic heterocycles. The number of nitrogen functional groups attached to an aromatic ring is 1. The van der Waals surface area contributed by atoms with Crippen LogP contribution in [-0.4, -0.2) is 37.5 Å². The monoisotopic (exact) mass is 292 g/mol. The van der Waals surface area contributed by atoms with Gasteiger partial charge in [-0.15, -0.1) is 6.58 Å². The van der Waals surface area contributed by atoms with E-state index in [9.17, 15) is 17.2 Å². The summed E-state index contributed by atoms with van der Waals surface area (Å²) in [4.78, 5) is -0.861. The molecule has 0 saturated heterocycles. The van der Waals surface area contributed by atoms with Gasteiger partial charge in [0.15, 0.2) is 11.6 Å². The number of benzene rings is 1. The van der Waals surface area contributed by atoms with Crippen LogP contribution in [-0.2, 0) is 10.0 Å². The summed E-state index contributed by atoms with van der Waals surface area (Å²) in [5, 5.41) is 8.82. The van der Waals surface area contributed by atoms with E-state index >= 15 is 0 Å². The molecule has 106 valence electrons. The minimum absolute atomic E-state index is 0.140. The summed E-state index contributed by atoms with van der Waals surface area (Å²) in [6.07, 6.45) is 1.27. The van der Waals surface area contributed by atoms with E-state index < -0.39 is 33.2 Å². The largest absolute Gasteiger partial charge is 0.399 e. The number of anilines is 1. The summed E-state index contributed by atoms with van der Waals surface area (Å²) in [6, 6.07) is 1.53. The Morgan fingerprint density at radius 3 is 2.58 bits per heavy atom. The second kappa shape index (κ2) is 6.09. The molecule has 0 radical (unpaired) electrons. The molecule has 8 heteroatoms. The molecule has 1 aromatic carbocycles. The second-order valence-electron chi connectivity index (χ2n) is 3.69. The van der Waals surface area contributed by atoms with E-state index in [-0.39, 0.29) is 18.8 Å². The van der Waals surface area contributed by atoms with E-state index in [0.717, 1.165) is 10.4 Å². The molecule has 0 spiro atoms. The maximum Gasteiger partial charge on any atom is 0.246 e. The Balaban J connectivity index is 3.36. The predicted molar refractivity (Wildman–Crippen MR) is 66.8 cm³/mol. The van der Waals surface area contributed by atoms with Gasteiger partial charge < -0.3 is 10.8 Å². The zero-order valence-electron chi connectivity index (χ0n) is 10.0. The topological polar surface area (TPSA) is 83.6 Å². The first-order valence-corrected chi connectivity index (χ1v) is 6.75. The van der Waals surface area contributed by atoms with Crippen LogP contribution in [0.5, 0.6) is 0 Å². The van der Waals surface area contributed by atoms with Crippen molar-refractivity contribution in [2.75, 3.05) is 25.4 Å². The number of nitrogens with two attached hydrogens (primary N) is 1. The Bertz CT molecular complexity index is 576. The highest BCUT2D eigenvalue weighted by Crippen LogP contribution is 2.24. The summed E-state index contributed by atoms with van der Waals surface area (Å²) in [5.41, 5.74) is 5.11. The fourth-order valence-electron chi connectivity index (χ4n) is 1.48. The molecule has 19 heavy (non-hydrogen) atoms. The third kappa shape index (κ3) is 3.28. The average Bonchev–Trinajstić information content (AvgIpc) is 2.33. The quantitative estimate of drug-likeness (QED) is 0.597. The normalized spacial score (nSPS) is 11.8. The van der Waals surface area contributed by atoms with Crippen molar-refractivity contribution in [2.24, 2.45) is 0 Å². The molecule has 0 heterocycles. The van der Waals surface area contributed by atoms with Crippen molar-refractivity contribution < 1.29 is 22.3 Å². The molecule has 0 aliphatic heterocycles. The molecule has 3 N–H and O–H groups in total. The van der Waals surface area contributed by atoms with Crippen molar-refractivity contribution in [2.45, 2.75) is 4.90 Å². The molecule has 1 aromatic rings. The Hall–Kier alpha value is -1.51. The van der Waals surface area contributed by atoms with Crippen molar-refractivity contribution in [3.8, 4) is 0 Å². The van der Waals surface area contributed by atoms with Gasteiger partial charge in [0.25, 0.3) is 0 Å². The number of rotatable bonds is 6. The fraction of sp³-hybridized carbons (Fsp3) is 0.273. The van der Waals surface area contributed by atoms with Gasteiger partial charge in [0, 0.05) is 18.8 Å². The van der Waals surface area contributed by atoms with Crippen molar-refractivity contribution >= 4 is 15.7 Å². The van der Waals surface area contributed by atoms with E-state index in [1.807, 2.05) is 0 Å². The first-order chi connectivity index (χ1) is 8.84. The first kappa shape index (κ1) is 15.5. The lowest BCUT2D eigenvalue weighted by atomic mass is 10.3. The summed E-state index contributed by atoms with van der Waals surface area (Å²) < 4.78 is 51.9. The first-order valence-electron chi connectivity index (χ1n) is 5.31. The Morgan fingerprint density at radius 1 is 1.42 bits per heavy atom. The van der Waals surface area contributed by atoms with Gasteiger partial charge >= 0.3 is 0 Å². The van der Waals surface area contributed by atoms with Gasteiger partial charge in [-0.05, 0) is 12.1 Å². The molecule has 5 nitrogen and oxygen atoms in total. The van der Waals surface area contributed by atoms with Gasteiger partial charge in [0.1, 0.15) is 4.90 Å². The second-order valence-corrected chi connectivity index (χ2v) is 5.60. The fourth-order valence-corrected chi connectivity index (χ4v) is 2.99. The number of halogens is 2.